The van der Waals surface area contributed by atoms with Gasteiger partial charge in [-0.2, -0.15) is 5.10 Å². The van der Waals surface area contributed by atoms with E-state index in [4.69, 9.17) is 4.74 Å². The van der Waals surface area contributed by atoms with Gasteiger partial charge in [-0.3, -0.25) is 9.89 Å². The van der Waals surface area contributed by atoms with Gasteiger partial charge in [-0.1, -0.05) is 0 Å². The van der Waals surface area contributed by atoms with Crippen LogP contribution in [0.3, 0.4) is 0 Å². The number of carbonyl (C=O) groups excluding carboxylic acids is 1. The number of H-pyrrole nitrogens is 2. The number of hydrogen-bond donors (Lipinski definition) is 2. The van der Waals surface area contributed by atoms with Gasteiger partial charge in [0.2, 0.25) is 5.95 Å². The van der Waals surface area contributed by atoms with Crippen LogP contribution in [0, 0.1) is 13.8 Å². The van der Waals surface area contributed by atoms with E-state index in [1.54, 1.807) is 6.20 Å². The highest BCUT2D eigenvalue weighted by Crippen LogP contribution is 2.24. The maximum absolute atomic E-state index is 12.6. The fraction of sp³-hybridized carbons (Fsp3) is 0.318. The van der Waals surface area contributed by atoms with Gasteiger partial charge in [0, 0.05) is 60.3 Å². The van der Waals surface area contributed by atoms with E-state index in [0.717, 1.165) is 52.2 Å². The summed E-state index contributed by atoms with van der Waals surface area (Å²) in [6, 6.07) is 3.99. The third-order valence-electron chi connectivity index (χ3n) is 5.65. The standard InChI is InChI=1S/C22H23N7O2/c1-13-14(2)27-28-20(13)19(30)8-15-7-16-9-18(26-21(16)23-10-15)17-11-24-22(25-12-17)29-3-5-31-6-4-29/h7,9-12H,3-6,8H2,1-2H3,(H,23,26)(H,27,28). The highest BCUT2D eigenvalue weighted by molar-refractivity contribution is 5.97. The predicted molar refractivity (Wildman–Crippen MR) is 116 cm³/mol. The lowest BCUT2D eigenvalue weighted by molar-refractivity contribution is 0.0987. The Morgan fingerprint density at radius 2 is 1.87 bits per heavy atom. The molecule has 158 valence electrons. The third-order valence-corrected chi connectivity index (χ3v) is 5.65. The zero-order chi connectivity index (χ0) is 21.4. The number of aromatic amines is 2. The van der Waals surface area contributed by atoms with Crippen molar-refractivity contribution in [1.82, 2.24) is 30.1 Å². The number of ketones is 1. The molecule has 0 amide bonds. The molecule has 0 saturated carbocycles. The number of rotatable bonds is 5. The number of morpholine rings is 1. The molecule has 5 heterocycles. The van der Waals surface area contributed by atoms with Crippen molar-refractivity contribution in [3.05, 3.63) is 53.2 Å². The normalized spacial score (nSPS) is 14.3. The van der Waals surface area contributed by atoms with Gasteiger partial charge >= 0.3 is 0 Å². The molecule has 0 bridgehead atoms. The monoisotopic (exact) mass is 417 g/mol. The van der Waals surface area contributed by atoms with E-state index < -0.39 is 0 Å². The Morgan fingerprint density at radius 1 is 1.10 bits per heavy atom. The highest BCUT2D eigenvalue weighted by Gasteiger charge is 2.17. The first-order valence-electron chi connectivity index (χ1n) is 10.3. The molecule has 0 aliphatic carbocycles. The summed E-state index contributed by atoms with van der Waals surface area (Å²) in [6.07, 6.45) is 5.62. The van der Waals surface area contributed by atoms with Crippen LogP contribution in [-0.4, -0.2) is 62.2 Å². The van der Waals surface area contributed by atoms with Crippen LogP contribution >= 0.6 is 0 Å². The fourth-order valence-corrected chi connectivity index (χ4v) is 3.73. The molecular formula is C22H23N7O2. The Kier molecular flexibility index (Phi) is 4.95. The molecule has 0 aromatic carbocycles. The second-order valence-electron chi connectivity index (χ2n) is 7.76. The van der Waals surface area contributed by atoms with Crippen molar-refractivity contribution in [3.63, 3.8) is 0 Å². The SMILES string of the molecule is Cc1[nH]nc(C(=O)Cc2cnc3[nH]c(-c4cnc(N5CCOCC5)nc4)cc3c2)c1C. The Bertz CT molecular complexity index is 1240. The summed E-state index contributed by atoms with van der Waals surface area (Å²) >= 11 is 0. The molecule has 1 aliphatic heterocycles. The van der Waals surface area contributed by atoms with Gasteiger partial charge in [0.15, 0.2) is 5.78 Å². The molecule has 4 aromatic rings. The third kappa shape index (κ3) is 3.79. The first kappa shape index (κ1) is 19.4. The summed E-state index contributed by atoms with van der Waals surface area (Å²) in [5.41, 5.74) is 5.67. The molecule has 31 heavy (non-hydrogen) atoms. The average molecular weight is 417 g/mol. The molecule has 9 nitrogen and oxygen atoms in total. The van der Waals surface area contributed by atoms with Gasteiger partial charge in [-0.25, -0.2) is 15.0 Å². The summed E-state index contributed by atoms with van der Waals surface area (Å²) in [5, 5.41) is 7.94. The van der Waals surface area contributed by atoms with Crippen LogP contribution in [-0.2, 0) is 11.2 Å². The molecule has 0 spiro atoms. The summed E-state index contributed by atoms with van der Waals surface area (Å²) < 4.78 is 5.38. The van der Waals surface area contributed by atoms with E-state index in [2.05, 4.69) is 35.0 Å². The largest absolute Gasteiger partial charge is 0.378 e. The topological polar surface area (TPSA) is 113 Å². The molecule has 1 aliphatic rings. The summed E-state index contributed by atoms with van der Waals surface area (Å²) in [7, 11) is 0. The second-order valence-corrected chi connectivity index (χ2v) is 7.76. The van der Waals surface area contributed by atoms with Crippen molar-refractivity contribution in [2.75, 3.05) is 31.2 Å². The number of nitrogens with zero attached hydrogens (tertiary/aromatic N) is 5. The lowest BCUT2D eigenvalue weighted by Crippen LogP contribution is -2.37. The number of aromatic nitrogens is 6. The molecule has 0 atom stereocenters. The molecular weight excluding hydrogens is 394 g/mol. The molecule has 5 rings (SSSR count). The van der Waals surface area contributed by atoms with E-state index in [0.29, 0.717) is 24.9 Å². The van der Waals surface area contributed by atoms with Gasteiger partial charge in [0.1, 0.15) is 11.3 Å². The van der Waals surface area contributed by atoms with Gasteiger partial charge in [-0.15, -0.1) is 0 Å². The number of aryl methyl sites for hydroxylation is 1. The predicted octanol–water partition coefficient (Wildman–Crippen LogP) is 2.62. The van der Waals surface area contributed by atoms with E-state index in [1.165, 1.54) is 0 Å². The van der Waals surface area contributed by atoms with Crippen LogP contribution in [0.5, 0.6) is 0 Å². The summed E-state index contributed by atoms with van der Waals surface area (Å²) in [6.45, 7) is 6.80. The zero-order valence-electron chi connectivity index (χ0n) is 17.5. The number of fused-ring (bicyclic) bond motifs is 1. The molecule has 4 aromatic heterocycles. The number of Topliss-reactive ketones (excluding diaryl/α,β-unsaturated/α-hetero) is 1. The van der Waals surface area contributed by atoms with Crippen molar-refractivity contribution in [2.45, 2.75) is 20.3 Å². The number of hydrogen-bond acceptors (Lipinski definition) is 7. The minimum absolute atomic E-state index is 0.0224. The van der Waals surface area contributed by atoms with Crippen LogP contribution < -0.4 is 4.90 Å². The minimum Gasteiger partial charge on any atom is -0.378 e. The lowest BCUT2D eigenvalue weighted by atomic mass is 10.0. The van der Waals surface area contributed by atoms with Gasteiger partial charge in [0.05, 0.1) is 18.9 Å². The molecule has 2 N–H and O–H groups in total. The number of pyridine rings is 1. The molecule has 9 heteroatoms. The van der Waals surface area contributed by atoms with Crippen LogP contribution in [0.2, 0.25) is 0 Å². The van der Waals surface area contributed by atoms with Crippen LogP contribution in [0.4, 0.5) is 5.95 Å². The number of nitrogens with one attached hydrogen (secondary N) is 2. The van der Waals surface area contributed by atoms with Crippen molar-refractivity contribution in [3.8, 4) is 11.3 Å². The van der Waals surface area contributed by atoms with E-state index in [1.807, 2.05) is 38.4 Å². The first-order chi connectivity index (χ1) is 15.1. The second kappa shape index (κ2) is 7.92. The Hall–Kier alpha value is -3.59. The number of carbonyl (C=O) groups is 1. The maximum atomic E-state index is 12.6. The van der Waals surface area contributed by atoms with Gasteiger partial charge in [-0.05, 0) is 31.5 Å². The van der Waals surface area contributed by atoms with Crippen LogP contribution in [0.15, 0.2) is 30.7 Å². The Morgan fingerprint density at radius 3 is 2.58 bits per heavy atom. The number of ether oxygens (including phenoxy) is 1. The van der Waals surface area contributed by atoms with Gasteiger partial charge in [0.25, 0.3) is 0 Å². The lowest BCUT2D eigenvalue weighted by Gasteiger charge is -2.26. The minimum atomic E-state index is -0.0224. The average Bonchev–Trinajstić information content (AvgIpc) is 3.37. The summed E-state index contributed by atoms with van der Waals surface area (Å²) in [4.78, 5) is 31.6. The first-order valence-corrected chi connectivity index (χ1v) is 10.3. The van der Waals surface area contributed by atoms with E-state index in [-0.39, 0.29) is 12.2 Å². The molecule has 1 saturated heterocycles. The Balaban J connectivity index is 1.35. The molecule has 1 fully saturated rings. The Labute approximate surface area is 178 Å². The zero-order valence-corrected chi connectivity index (χ0v) is 17.5. The van der Waals surface area contributed by atoms with E-state index in [9.17, 15) is 4.79 Å². The highest BCUT2D eigenvalue weighted by atomic mass is 16.5. The van der Waals surface area contributed by atoms with Crippen molar-refractivity contribution >= 4 is 22.8 Å². The summed E-state index contributed by atoms with van der Waals surface area (Å²) in [5.74, 6) is 0.692. The smallest absolute Gasteiger partial charge is 0.225 e. The van der Waals surface area contributed by atoms with Crippen LogP contribution in [0.25, 0.3) is 22.3 Å². The van der Waals surface area contributed by atoms with E-state index >= 15 is 0 Å². The van der Waals surface area contributed by atoms with Crippen LogP contribution in [0.1, 0.15) is 27.3 Å². The quantitative estimate of drug-likeness (QED) is 0.480. The molecule has 0 radical (unpaired) electrons. The van der Waals surface area contributed by atoms with Crippen molar-refractivity contribution < 1.29 is 9.53 Å². The van der Waals surface area contributed by atoms with Gasteiger partial charge < -0.3 is 14.6 Å². The molecule has 0 unspecified atom stereocenters. The maximum Gasteiger partial charge on any atom is 0.225 e. The van der Waals surface area contributed by atoms with Crippen molar-refractivity contribution in [1.29, 1.82) is 0 Å². The fourth-order valence-electron chi connectivity index (χ4n) is 3.73. The van der Waals surface area contributed by atoms with Crippen molar-refractivity contribution in [2.24, 2.45) is 0 Å². The number of anilines is 1.